The lowest BCUT2D eigenvalue weighted by molar-refractivity contribution is 0.00937. The van der Waals surface area contributed by atoms with Gasteiger partial charge in [0.1, 0.15) is 5.82 Å². The fraction of sp³-hybridized carbons (Fsp3) is 0.708. The highest BCUT2D eigenvalue weighted by molar-refractivity contribution is 14.0. The number of halogens is 1. The SMILES string of the molecule is CCNC(=NCC1(CN2CCOCC2)CCCCC1)NCCCc1nnc2ccccn12.I. The molecule has 0 radical (unpaired) electrons. The lowest BCUT2D eigenvalue weighted by Gasteiger charge is -2.41. The molecule has 2 N–H and O–H groups in total. The minimum Gasteiger partial charge on any atom is -0.379 e. The normalized spacial score (nSPS) is 19.2. The van der Waals surface area contributed by atoms with Gasteiger partial charge >= 0.3 is 0 Å². The van der Waals surface area contributed by atoms with Crippen LogP contribution in [0.1, 0.15) is 51.3 Å². The van der Waals surface area contributed by atoms with E-state index in [1.807, 2.05) is 24.4 Å². The Morgan fingerprint density at radius 1 is 1.12 bits per heavy atom. The average Bonchev–Trinajstić information content (AvgIpc) is 3.24. The van der Waals surface area contributed by atoms with Crippen LogP contribution in [0.5, 0.6) is 0 Å². The highest BCUT2D eigenvalue weighted by Crippen LogP contribution is 2.37. The Morgan fingerprint density at radius 2 is 1.94 bits per heavy atom. The van der Waals surface area contributed by atoms with Crippen LogP contribution in [-0.4, -0.2) is 77.9 Å². The van der Waals surface area contributed by atoms with Gasteiger partial charge in [-0.1, -0.05) is 25.3 Å². The summed E-state index contributed by atoms with van der Waals surface area (Å²) in [6.45, 7) is 9.76. The van der Waals surface area contributed by atoms with E-state index in [9.17, 15) is 0 Å². The van der Waals surface area contributed by atoms with Crippen molar-refractivity contribution in [3.05, 3.63) is 30.2 Å². The van der Waals surface area contributed by atoms with Crippen molar-refractivity contribution in [2.24, 2.45) is 10.4 Å². The van der Waals surface area contributed by atoms with E-state index in [1.54, 1.807) is 0 Å². The van der Waals surface area contributed by atoms with Crippen molar-refractivity contribution >= 4 is 35.6 Å². The molecule has 33 heavy (non-hydrogen) atoms. The number of rotatable bonds is 9. The summed E-state index contributed by atoms with van der Waals surface area (Å²) in [6.07, 6.45) is 10.5. The summed E-state index contributed by atoms with van der Waals surface area (Å²) in [4.78, 5) is 7.65. The Bertz CT molecular complexity index is 859. The second kappa shape index (κ2) is 13.4. The third-order valence-electron chi connectivity index (χ3n) is 6.75. The Balaban J connectivity index is 0.00000306. The first-order chi connectivity index (χ1) is 15.8. The molecule has 0 amide bonds. The van der Waals surface area contributed by atoms with Crippen molar-refractivity contribution in [1.29, 1.82) is 0 Å². The molecule has 2 aromatic heterocycles. The molecule has 1 saturated carbocycles. The minimum absolute atomic E-state index is 0. The van der Waals surface area contributed by atoms with Crippen molar-refractivity contribution < 1.29 is 4.74 Å². The van der Waals surface area contributed by atoms with E-state index < -0.39 is 0 Å². The van der Waals surface area contributed by atoms with Crippen molar-refractivity contribution in [2.45, 2.75) is 51.9 Å². The number of ether oxygens (including phenoxy) is 1. The van der Waals surface area contributed by atoms with E-state index in [0.29, 0.717) is 5.41 Å². The van der Waals surface area contributed by atoms with Gasteiger partial charge in [-0.3, -0.25) is 14.3 Å². The van der Waals surface area contributed by atoms with Crippen LogP contribution in [0.2, 0.25) is 0 Å². The largest absolute Gasteiger partial charge is 0.379 e. The molecule has 8 nitrogen and oxygen atoms in total. The first-order valence-electron chi connectivity index (χ1n) is 12.4. The van der Waals surface area contributed by atoms with Crippen molar-refractivity contribution in [3.63, 3.8) is 0 Å². The molecule has 0 atom stereocenters. The van der Waals surface area contributed by atoms with Crippen molar-refractivity contribution in [2.75, 3.05) is 52.5 Å². The number of morpholine rings is 1. The molecular weight excluding hydrogens is 529 g/mol. The van der Waals surface area contributed by atoms with Crippen LogP contribution >= 0.6 is 24.0 Å². The van der Waals surface area contributed by atoms with Crippen LogP contribution in [0, 0.1) is 5.41 Å². The van der Waals surface area contributed by atoms with Crippen LogP contribution in [0.4, 0.5) is 0 Å². The summed E-state index contributed by atoms with van der Waals surface area (Å²) in [5.41, 5.74) is 1.21. The standard InChI is InChI=1S/C24H39N7O.HI/c1-2-25-23(26-13-8-10-22-29-28-21-9-4-7-14-31(21)22)27-19-24(11-5-3-6-12-24)20-30-15-17-32-18-16-30;/h4,7,9,14H,2-3,5-6,8,10-13,15-20H2,1H3,(H2,25,26,27);1H. The Morgan fingerprint density at radius 3 is 2.73 bits per heavy atom. The topological polar surface area (TPSA) is 79.1 Å². The van der Waals surface area contributed by atoms with Crippen LogP contribution in [0.25, 0.3) is 5.65 Å². The quantitative estimate of drug-likeness (QED) is 0.209. The molecule has 0 unspecified atom stereocenters. The number of pyridine rings is 1. The van der Waals surface area contributed by atoms with Crippen molar-refractivity contribution in [3.8, 4) is 0 Å². The molecule has 4 rings (SSSR count). The molecular formula is C24H40IN7O. The molecule has 2 aliphatic rings. The molecule has 1 saturated heterocycles. The predicted octanol–water partition coefficient (Wildman–Crippen LogP) is 3.12. The number of fused-ring (bicyclic) bond motifs is 1. The lowest BCUT2D eigenvalue weighted by atomic mass is 9.73. The molecule has 2 aromatic rings. The van der Waals surface area contributed by atoms with Gasteiger partial charge in [0.25, 0.3) is 0 Å². The molecule has 0 spiro atoms. The minimum atomic E-state index is 0. The number of guanidine groups is 1. The monoisotopic (exact) mass is 569 g/mol. The summed E-state index contributed by atoms with van der Waals surface area (Å²) in [7, 11) is 0. The first-order valence-corrected chi connectivity index (χ1v) is 12.4. The molecule has 184 valence electrons. The molecule has 1 aliphatic heterocycles. The van der Waals surface area contributed by atoms with E-state index in [0.717, 1.165) is 82.8 Å². The Labute approximate surface area is 215 Å². The maximum atomic E-state index is 5.56. The Hall–Kier alpha value is -1.46. The molecule has 9 heteroatoms. The van der Waals surface area contributed by atoms with Gasteiger partial charge in [0.2, 0.25) is 0 Å². The summed E-state index contributed by atoms with van der Waals surface area (Å²) in [5.74, 6) is 1.95. The molecule has 2 fully saturated rings. The zero-order valence-electron chi connectivity index (χ0n) is 20.0. The van der Waals surface area contributed by atoms with Crippen molar-refractivity contribution in [1.82, 2.24) is 30.1 Å². The number of hydrogen-bond donors (Lipinski definition) is 2. The fourth-order valence-corrected chi connectivity index (χ4v) is 5.00. The predicted molar refractivity (Wildman–Crippen MR) is 143 cm³/mol. The van der Waals surface area contributed by atoms with Crippen LogP contribution in [-0.2, 0) is 11.2 Å². The van der Waals surface area contributed by atoms with Gasteiger partial charge in [-0.05, 0) is 38.3 Å². The van der Waals surface area contributed by atoms with E-state index >= 15 is 0 Å². The number of aromatic nitrogens is 3. The number of nitrogens with zero attached hydrogens (tertiary/aromatic N) is 5. The lowest BCUT2D eigenvalue weighted by Crippen LogP contribution is -2.46. The molecule has 3 heterocycles. The maximum Gasteiger partial charge on any atom is 0.191 e. The maximum absolute atomic E-state index is 5.56. The van der Waals surface area contributed by atoms with Crippen LogP contribution in [0.3, 0.4) is 0 Å². The third-order valence-corrected chi connectivity index (χ3v) is 6.75. The number of aliphatic imine (C=N–C) groups is 1. The average molecular weight is 570 g/mol. The summed E-state index contributed by atoms with van der Waals surface area (Å²) in [5, 5.41) is 15.6. The Kier molecular flexibility index (Phi) is 10.6. The van der Waals surface area contributed by atoms with Gasteiger partial charge in [0.15, 0.2) is 11.6 Å². The highest BCUT2D eigenvalue weighted by Gasteiger charge is 2.34. The van der Waals surface area contributed by atoms with Gasteiger partial charge < -0.3 is 15.4 Å². The van der Waals surface area contributed by atoms with Gasteiger partial charge in [-0.25, -0.2) is 0 Å². The first kappa shape index (κ1) is 26.2. The van der Waals surface area contributed by atoms with Gasteiger partial charge in [0, 0.05) is 57.3 Å². The fourth-order valence-electron chi connectivity index (χ4n) is 5.00. The smallest absolute Gasteiger partial charge is 0.191 e. The van der Waals surface area contributed by atoms with Crippen LogP contribution in [0.15, 0.2) is 29.4 Å². The number of hydrogen-bond acceptors (Lipinski definition) is 5. The zero-order chi connectivity index (χ0) is 22.1. The highest BCUT2D eigenvalue weighted by atomic mass is 127. The molecule has 0 bridgehead atoms. The number of nitrogens with one attached hydrogen (secondary N) is 2. The third kappa shape index (κ3) is 7.51. The van der Waals surface area contributed by atoms with E-state index in [1.165, 1.54) is 32.1 Å². The second-order valence-corrected chi connectivity index (χ2v) is 9.22. The van der Waals surface area contributed by atoms with E-state index in [-0.39, 0.29) is 24.0 Å². The van der Waals surface area contributed by atoms with Gasteiger partial charge in [-0.15, -0.1) is 34.2 Å². The zero-order valence-corrected chi connectivity index (χ0v) is 22.3. The molecule has 1 aliphatic carbocycles. The second-order valence-electron chi connectivity index (χ2n) is 9.22. The van der Waals surface area contributed by atoms with E-state index in [2.05, 4.69) is 37.1 Å². The summed E-state index contributed by atoms with van der Waals surface area (Å²) >= 11 is 0. The van der Waals surface area contributed by atoms with E-state index in [4.69, 9.17) is 9.73 Å². The van der Waals surface area contributed by atoms with Gasteiger partial charge in [0.05, 0.1) is 13.2 Å². The molecule has 0 aromatic carbocycles. The number of aryl methyl sites for hydroxylation is 1. The summed E-state index contributed by atoms with van der Waals surface area (Å²) in [6, 6.07) is 6.00. The van der Waals surface area contributed by atoms with Crippen LogP contribution < -0.4 is 10.6 Å². The van der Waals surface area contributed by atoms with Gasteiger partial charge in [-0.2, -0.15) is 0 Å². The summed E-state index contributed by atoms with van der Waals surface area (Å²) < 4.78 is 7.63.